The maximum Gasteiger partial charge on any atom is 0.233 e. The number of benzene rings is 3. The van der Waals surface area contributed by atoms with Crippen molar-refractivity contribution in [3.05, 3.63) is 102 Å². The van der Waals surface area contributed by atoms with E-state index in [0.29, 0.717) is 28.7 Å². The predicted molar refractivity (Wildman–Crippen MR) is 144 cm³/mol. The number of carbonyl (C=O) groups excluding carboxylic acids is 1. The molecule has 0 aliphatic carbocycles. The quantitative estimate of drug-likeness (QED) is 0.258. The zero-order valence-corrected chi connectivity index (χ0v) is 20.9. The summed E-state index contributed by atoms with van der Waals surface area (Å²) < 4.78 is 11.9. The standard InChI is InChI=1S/C29H25N3O3S/c1-34-24-15-16-25(35-2)28-27(24)31-29(36-28)32(19-23-10-6-7-17-30-23)26(33)18-20-11-13-22(14-12-20)21-8-4-3-5-9-21/h3-17H,18-19H2,1-2H3. The highest BCUT2D eigenvalue weighted by Crippen LogP contribution is 2.40. The number of carbonyl (C=O) groups is 1. The molecule has 0 N–H and O–H groups in total. The molecule has 0 saturated carbocycles. The maximum atomic E-state index is 13.7. The summed E-state index contributed by atoms with van der Waals surface area (Å²) in [6, 6.07) is 27.6. The molecule has 2 aromatic heterocycles. The highest BCUT2D eigenvalue weighted by molar-refractivity contribution is 7.22. The van der Waals surface area contributed by atoms with Gasteiger partial charge in [-0.3, -0.25) is 14.7 Å². The lowest BCUT2D eigenvalue weighted by atomic mass is 10.0. The average Bonchev–Trinajstić information content (AvgIpc) is 3.38. The van der Waals surface area contributed by atoms with Crippen LogP contribution in [0.25, 0.3) is 21.3 Å². The van der Waals surface area contributed by atoms with E-state index in [-0.39, 0.29) is 12.3 Å². The molecular formula is C29H25N3O3S. The summed E-state index contributed by atoms with van der Waals surface area (Å²) in [5.41, 5.74) is 4.64. The van der Waals surface area contributed by atoms with Gasteiger partial charge in [0.15, 0.2) is 5.13 Å². The summed E-state index contributed by atoms with van der Waals surface area (Å²) in [5, 5.41) is 0.573. The van der Waals surface area contributed by atoms with E-state index < -0.39 is 0 Å². The number of rotatable bonds is 8. The Morgan fingerprint density at radius 1 is 0.833 bits per heavy atom. The smallest absolute Gasteiger partial charge is 0.233 e. The molecule has 3 aromatic carbocycles. The second-order valence-electron chi connectivity index (χ2n) is 8.18. The van der Waals surface area contributed by atoms with Crippen LogP contribution in [-0.4, -0.2) is 30.1 Å². The highest BCUT2D eigenvalue weighted by Gasteiger charge is 2.23. The van der Waals surface area contributed by atoms with E-state index in [9.17, 15) is 4.79 Å². The van der Waals surface area contributed by atoms with Gasteiger partial charge in [-0.25, -0.2) is 4.98 Å². The van der Waals surface area contributed by atoms with Gasteiger partial charge in [-0.2, -0.15) is 0 Å². The SMILES string of the molecule is COc1ccc(OC)c2sc(N(Cc3ccccn3)C(=O)Cc3ccc(-c4ccccc4)cc3)nc12. The minimum Gasteiger partial charge on any atom is -0.495 e. The van der Waals surface area contributed by atoms with Crippen molar-refractivity contribution in [3.63, 3.8) is 0 Å². The minimum absolute atomic E-state index is 0.0647. The van der Waals surface area contributed by atoms with Crippen molar-refractivity contribution in [2.75, 3.05) is 19.1 Å². The summed E-state index contributed by atoms with van der Waals surface area (Å²) >= 11 is 1.41. The fraction of sp³-hybridized carbons (Fsp3) is 0.138. The summed E-state index contributed by atoms with van der Waals surface area (Å²) in [6.45, 7) is 0.312. The molecule has 180 valence electrons. The first-order chi connectivity index (χ1) is 17.7. The number of hydrogen-bond acceptors (Lipinski definition) is 6. The fourth-order valence-electron chi connectivity index (χ4n) is 4.02. The van der Waals surface area contributed by atoms with Crippen LogP contribution in [0.5, 0.6) is 11.5 Å². The topological polar surface area (TPSA) is 64.6 Å². The molecule has 1 amide bonds. The molecule has 5 aromatic rings. The summed E-state index contributed by atoms with van der Waals surface area (Å²) in [4.78, 5) is 24.6. The first-order valence-electron chi connectivity index (χ1n) is 11.5. The summed E-state index contributed by atoms with van der Waals surface area (Å²) in [7, 11) is 3.23. The number of fused-ring (bicyclic) bond motifs is 1. The Bertz CT molecular complexity index is 1430. The number of nitrogens with zero attached hydrogens (tertiary/aromatic N) is 3. The molecule has 0 aliphatic rings. The lowest BCUT2D eigenvalue weighted by Crippen LogP contribution is -2.32. The molecule has 0 bridgehead atoms. The molecule has 6 nitrogen and oxygen atoms in total. The molecular weight excluding hydrogens is 470 g/mol. The Kier molecular flexibility index (Phi) is 6.91. The van der Waals surface area contributed by atoms with Crippen molar-refractivity contribution in [2.24, 2.45) is 0 Å². The third-order valence-electron chi connectivity index (χ3n) is 5.89. The third-order valence-corrected chi connectivity index (χ3v) is 6.99. The molecule has 0 spiro atoms. The van der Waals surface area contributed by atoms with Gasteiger partial charge in [-0.15, -0.1) is 0 Å². The van der Waals surface area contributed by atoms with Crippen LogP contribution in [0.15, 0.2) is 91.1 Å². The van der Waals surface area contributed by atoms with E-state index in [0.717, 1.165) is 27.1 Å². The van der Waals surface area contributed by atoms with E-state index in [1.54, 1.807) is 25.3 Å². The van der Waals surface area contributed by atoms with Crippen molar-refractivity contribution >= 4 is 32.6 Å². The highest BCUT2D eigenvalue weighted by atomic mass is 32.1. The van der Waals surface area contributed by atoms with Crippen molar-refractivity contribution < 1.29 is 14.3 Å². The van der Waals surface area contributed by atoms with E-state index >= 15 is 0 Å². The molecule has 0 radical (unpaired) electrons. The molecule has 5 rings (SSSR count). The van der Waals surface area contributed by atoms with Gasteiger partial charge in [0.25, 0.3) is 0 Å². The lowest BCUT2D eigenvalue weighted by molar-refractivity contribution is -0.118. The molecule has 0 saturated heterocycles. The number of amides is 1. The van der Waals surface area contributed by atoms with Gasteiger partial charge in [0.05, 0.1) is 32.9 Å². The number of hydrogen-bond donors (Lipinski definition) is 0. The van der Waals surface area contributed by atoms with E-state index in [4.69, 9.17) is 14.5 Å². The van der Waals surface area contributed by atoms with Crippen LogP contribution in [0.3, 0.4) is 0 Å². The fourth-order valence-corrected chi connectivity index (χ4v) is 5.11. The van der Waals surface area contributed by atoms with Crippen LogP contribution in [-0.2, 0) is 17.8 Å². The maximum absolute atomic E-state index is 13.7. The number of methoxy groups -OCH3 is 2. The molecule has 0 unspecified atom stereocenters. The van der Waals surface area contributed by atoms with Gasteiger partial charge < -0.3 is 9.47 Å². The first kappa shape index (κ1) is 23.5. The molecule has 0 atom stereocenters. The molecule has 2 heterocycles. The second kappa shape index (κ2) is 10.6. The summed E-state index contributed by atoms with van der Waals surface area (Å²) in [5.74, 6) is 1.26. The van der Waals surface area contributed by atoms with Crippen LogP contribution in [0.4, 0.5) is 5.13 Å². The van der Waals surface area contributed by atoms with Crippen molar-refractivity contribution in [1.82, 2.24) is 9.97 Å². The summed E-state index contributed by atoms with van der Waals surface area (Å²) in [6.07, 6.45) is 1.97. The molecule has 36 heavy (non-hydrogen) atoms. The van der Waals surface area contributed by atoms with Gasteiger partial charge in [0.1, 0.15) is 21.7 Å². The monoisotopic (exact) mass is 495 g/mol. The van der Waals surface area contributed by atoms with Crippen LogP contribution in [0, 0.1) is 0 Å². The van der Waals surface area contributed by atoms with Gasteiger partial charge >= 0.3 is 0 Å². The zero-order chi connectivity index (χ0) is 24.9. The minimum atomic E-state index is -0.0647. The predicted octanol–water partition coefficient (Wildman–Crippen LogP) is 6.15. The number of aromatic nitrogens is 2. The van der Waals surface area contributed by atoms with Crippen molar-refractivity contribution in [1.29, 1.82) is 0 Å². The number of ether oxygens (including phenoxy) is 2. The van der Waals surface area contributed by atoms with Gasteiger partial charge in [0.2, 0.25) is 5.91 Å². The van der Waals surface area contributed by atoms with Crippen LogP contribution in [0.2, 0.25) is 0 Å². The first-order valence-corrected chi connectivity index (χ1v) is 12.3. The number of thiazole rings is 1. The lowest BCUT2D eigenvalue weighted by Gasteiger charge is -2.19. The van der Waals surface area contributed by atoms with E-state index in [2.05, 4.69) is 29.2 Å². The Morgan fingerprint density at radius 3 is 2.22 bits per heavy atom. The van der Waals surface area contributed by atoms with Crippen molar-refractivity contribution in [3.8, 4) is 22.6 Å². The number of anilines is 1. The largest absolute Gasteiger partial charge is 0.495 e. The van der Waals surface area contributed by atoms with Crippen molar-refractivity contribution in [2.45, 2.75) is 13.0 Å². The Labute approximate surface area is 213 Å². The Hall–Kier alpha value is -4.23. The van der Waals surface area contributed by atoms with Gasteiger partial charge in [-0.05, 0) is 41.0 Å². The molecule has 0 fully saturated rings. The molecule has 0 aliphatic heterocycles. The van der Waals surface area contributed by atoms with Crippen LogP contribution in [0.1, 0.15) is 11.3 Å². The second-order valence-corrected chi connectivity index (χ2v) is 9.16. The van der Waals surface area contributed by atoms with Gasteiger partial charge in [0, 0.05) is 6.20 Å². The average molecular weight is 496 g/mol. The Morgan fingerprint density at radius 2 is 1.53 bits per heavy atom. The normalized spacial score (nSPS) is 10.8. The van der Waals surface area contributed by atoms with E-state index in [1.165, 1.54) is 11.3 Å². The van der Waals surface area contributed by atoms with Crippen LogP contribution < -0.4 is 14.4 Å². The Balaban J connectivity index is 1.47. The van der Waals surface area contributed by atoms with Crippen LogP contribution >= 0.6 is 11.3 Å². The molecule has 7 heteroatoms. The van der Waals surface area contributed by atoms with E-state index in [1.807, 2.05) is 60.7 Å². The zero-order valence-electron chi connectivity index (χ0n) is 20.0. The van der Waals surface area contributed by atoms with Gasteiger partial charge in [-0.1, -0.05) is 72.0 Å². The third kappa shape index (κ3) is 4.92. The number of pyridine rings is 1.